The monoisotopic (exact) mass is 241 g/mol. The molecule has 17 heavy (non-hydrogen) atoms. The third-order valence-corrected chi connectivity index (χ3v) is 3.78. The Labute approximate surface area is 104 Å². The predicted molar refractivity (Wildman–Crippen MR) is 68.6 cm³/mol. The number of anilines is 2. The van der Waals surface area contributed by atoms with Crippen molar-refractivity contribution in [3.8, 4) is 6.07 Å². The number of hydrogen-bond donors (Lipinski definition) is 1. The Hall–Kier alpha value is -1.86. The molecule has 1 aromatic heterocycles. The Morgan fingerprint density at radius 1 is 1.29 bits per heavy atom. The van der Waals surface area contributed by atoms with Crippen LogP contribution in [0.4, 0.5) is 10.8 Å². The van der Waals surface area contributed by atoms with E-state index in [2.05, 4.69) is 34.6 Å². The molecule has 1 heterocycles. The number of thiazole rings is 1. The summed E-state index contributed by atoms with van der Waals surface area (Å²) >= 11 is 1.38. The molecule has 0 saturated heterocycles. The van der Waals surface area contributed by atoms with Crippen LogP contribution in [-0.4, -0.2) is 4.98 Å². The van der Waals surface area contributed by atoms with E-state index in [0.717, 1.165) is 10.8 Å². The number of rotatable bonds is 2. The zero-order valence-electron chi connectivity index (χ0n) is 9.23. The van der Waals surface area contributed by atoms with Crippen LogP contribution in [0.15, 0.2) is 24.4 Å². The number of hydrogen-bond acceptors (Lipinski definition) is 4. The number of nitrogens with one attached hydrogen (secondary N) is 1. The van der Waals surface area contributed by atoms with Gasteiger partial charge in [-0.2, -0.15) is 5.26 Å². The molecular formula is C13H11N3S. The maximum Gasteiger partial charge on any atom is 0.188 e. The zero-order valence-corrected chi connectivity index (χ0v) is 10.0. The lowest BCUT2D eigenvalue weighted by atomic mass is 10.1. The van der Waals surface area contributed by atoms with E-state index in [4.69, 9.17) is 5.26 Å². The lowest BCUT2D eigenvalue weighted by Gasteiger charge is -2.05. The highest BCUT2D eigenvalue weighted by Gasteiger charge is 2.11. The lowest BCUT2D eigenvalue weighted by Crippen LogP contribution is -1.91. The van der Waals surface area contributed by atoms with Gasteiger partial charge in [0.05, 0.1) is 6.20 Å². The summed E-state index contributed by atoms with van der Waals surface area (Å²) in [5.74, 6) is 0. The Morgan fingerprint density at radius 3 is 3.00 bits per heavy atom. The number of fused-ring (bicyclic) bond motifs is 1. The maximum absolute atomic E-state index is 8.74. The molecule has 0 radical (unpaired) electrons. The molecule has 0 spiro atoms. The Balaban J connectivity index is 1.83. The van der Waals surface area contributed by atoms with Gasteiger partial charge in [0.1, 0.15) is 10.9 Å². The van der Waals surface area contributed by atoms with Crippen LogP contribution in [0.3, 0.4) is 0 Å². The summed E-state index contributed by atoms with van der Waals surface area (Å²) < 4.78 is 0. The van der Waals surface area contributed by atoms with Gasteiger partial charge in [-0.1, -0.05) is 17.4 Å². The van der Waals surface area contributed by atoms with Crippen molar-refractivity contribution in [2.75, 3.05) is 5.32 Å². The molecule has 2 aromatic rings. The Morgan fingerprint density at radius 2 is 2.18 bits per heavy atom. The van der Waals surface area contributed by atoms with Gasteiger partial charge in [-0.05, 0) is 42.5 Å². The number of nitriles is 1. The molecule has 1 aromatic carbocycles. The first-order chi connectivity index (χ1) is 8.35. The first-order valence-corrected chi connectivity index (χ1v) is 6.41. The normalized spacial score (nSPS) is 13.1. The van der Waals surface area contributed by atoms with Gasteiger partial charge in [-0.15, -0.1) is 0 Å². The fourth-order valence-corrected chi connectivity index (χ4v) is 2.79. The van der Waals surface area contributed by atoms with Crippen molar-refractivity contribution >= 4 is 22.2 Å². The second-order valence-corrected chi connectivity index (χ2v) is 5.13. The van der Waals surface area contributed by atoms with Gasteiger partial charge in [0.25, 0.3) is 0 Å². The molecule has 0 bridgehead atoms. The average molecular weight is 241 g/mol. The van der Waals surface area contributed by atoms with Gasteiger partial charge in [0.2, 0.25) is 0 Å². The van der Waals surface area contributed by atoms with Crippen LogP contribution < -0.4 is 5.32 Å². The summed E-state index contributed by atoms with van der Waals surface area (Å²) in [6.07, 6.45) is 5.23. The van der Waals surface area contributed by atoms with Crippen molar-refractivity contribution in [1.29, 1.82) is 5.26 Å². The fourth-order valence-electron chi connectivity index (χ4n) is 2.16. The summed E-state index contributed by atoms with van der Waals surface area (Å²) in [4.78, 5) is 4.79. The fraction of sp³-hybridized carbons (Fsp3) is 0.231. The molecule has 0 unspecified atom stereocenters. The van der Waals surface area contributed by atoms with E-state index in [1.54, 1.807) is 6.20 Å². The molecule has 3 nitrogen and oxygen atoms in total. The minimum atomic E-state index is 0.633. The van der Waals surface area contributed by atoms with Crippen LogP contribution in [0.1, 0.15) is 22.4 Å². The van der Waals surface area contributed by atoms with Gasteiger partial charge in [0.15, 0.2) is 5.13 Å². The van der Waals surface area contributed by atoms with Crippen molar-refractivity contribution in [2.45, 2.75) is 19.3 Å². The Bertz CT molecular complexity index is 595. The van der Waals surface area contributed by atoms with E-state index in [0.29, 0.717) is 4.88 Å². The minimum Gasteiger partial charge on any atom is -0.332 e. The quantitative estimate of drug-likeness (QED) is 0.878. The second kappa shape index (κ2) is 4.19. The SMILES string of the molecule is N#Cc1cnc(Nc2ccc3c(c2)CCC3)s1. The van der Waals surface area contributed by atoms with Crippen LogP contribution in [0.25, 0.3) is 0 Å². The molecule has 1 aliphatic rings. The first kappa shape index (κ1) is 10.3. The largest absolute Gasteiger partial charge is 0.332 e. The van der Waals surface area contributed by atoms with Gasteiger partial charge in [-0.25, -0.2) is 4.98 Å². The van der Waals surface area contributed by atoms with E-state index in [-0.39, 0.29) is 0 Å². The number of nitrogens with zero attached hydrogens (tertiary/aromatic N) is 2. The van der Waals surface area contributed by atoms with Crippen LogP contribution in [-0.2, 0) is 12.8 Å². The van der Waals surface area contributed by atoms with Gasteiger partial charge >= 0.3 is 0 Å². The lowest BCUT2D eigenvalue weighted by molar-refractivity contribution is 0.912. The summed E-state index contributed by atoms with van der Waals surface area (Å²) in [5.41, 5.74) is 3.96. The van der Waals surface area contributed by atoms with Gasteiger partial charge in [0, 0.05) is 5.69 Å². The van der Waals surface area contributed by atoms with E-state index in [1.807, 2.05) is 0 Å². The van der Waals surface area contributed by atoms with Crippen molar-refractivity contribution < 1.29 is 0 Å². The van der Waals surface area contributed by atoms with Gasteiger partial charge in [-0.3, -0.25) is 0 Å². The van der Waals surface area contributed by atoms with Crippen molar-refractivity contribution in [1.82, 2.24) is 4.98 Å². The zero-order chi connectivity index (χ0) is 11.7. The number of benzene rings is 1. The smallest absolute Gasteiger partial charge is 0.188 e. The van der Waals surface area contributed by atoms with Crippen molar-refractivity contribution in [3.05, 3.63) is 40.4 Å². The molecule has 0 fully saturated rings. The third kappa shape index (κ3) is 2.02. The van der Waals surface area contributed by atoms with Crippen molar-refractivity contribution in [2.24, 2.45) is 0 Å². The van der Waals surface area contributed by atoms with E-state index in [9.17, 15) is 0 Å². The summed E-state index contributed by atoms with van der Waals surface area (Å²) in [6.45, 7) is 0. The highest BCUT2D eigenvalue weighted by atomic mass is 32.1. The van der Waals surface area contributed by atoms with Crippen LogP contribution in [0, 0.1) is 11.3 Å². The van der Waals surface area contributed by atoms with Crippen LogP contribution in [0.5, 0.6) is 0 Å². The molecule has 0 aliphatic heterocycles. The first-order valence-electron chi connectivity index (χ1n) is 5.60. The second-order valence-electron chi connectivity index (χ2n) is 4.10. The maximum atomic E-state index is 8.74. The molecule has 4 heteroatoms. The topological polar surface area (TPSA) is 48.7 Å². The molecule has 0 atom stereocenters. The molecule has 3 rings (SSSR count). The third-order valence-electron chi connectivity index (χ3n) is 2.97. The number of aromatic nitrogens is 1. The average Bonchev–Trinajstić information content (AvgIpc) is 2.96. The highest BCUT2D eigenvalue weighted by molar-refractivity contribution is 7.16. The van der Waals surface area contributed by atoms with Crippen molar-refractivity contribution in [3.63, 3.8) is 0 Å². The summed E-state index contributed by atoms with van der Waals surface area (Å²) in [6, 6.07) is 8.55. The molecule has 0 saturated carbocycles. The number of aryl methyl sites for hydroxylation is 2. The van der Waals surface area contributed by atoms with Crippen LogP contribution in [0.2, 0.25) is 0 Å². The highest BCUT2D eigenvalue weighted by Crippen LogP contribution is 2.27. The van der Waals surface area contributed by atoms with E-state index in [1.165, 1.54) is 41.7 Å². The molecule has 84 valence electrons. The molecular weight excluding hydrogens is 230 g/mol. The van der Waals surface area contributed by atoms with Gasteiger partial charge < -0.3 is 5.32 Å². The predicted octanol–water partition coefficient (Wildman–Crippen LogP) is 3.25. The molecule has 0 amide bonds. The Kier molecular flexibility index (Phi) is 2.54. The standard InChI is InChI=1S/C13H11N3S/c14-7-12-8-15-13(17-12)16-11-5-4-9-2-1-3-10(9)6-11/h4-6,8H,1-3H2,(H,15,16). The van der Waals surface area contributed by atoms with E-state index >= 15 is 0 Å². The molecule has 1 N–H and O–H groups in total. The summed E-state index contributed by atoms with van der Waals surface area (Å²) in [5, 5.41) is 12.8. The van der Waals surface area contributed by atoms with E-state index < -0.39 is 0 Å². The molecule has 1 aliphatic carbocycles. The van der Waals surface area contributed by atoms with Crippen LogP contribution >= 0.6 is 11.3 Å². The summed E-state index contributed by atoms with van der Waals surface area (Å²) in [7, 11) is 0. The minimum absolute atomic E-state index is 0.633.